The third-order valence-electron chi connectivity index (χ3n) is 1.87. The lowest BCUT2D eigenvalue weighted by Gasteiger charge is -2.37. The molecule has 0 radical (unpaired) electrons. The molecule has 5 N–H and O–H groups in total. The van der Waals surface area contributed by atoms with Gasteiger partial charge >= 0.3 is 0 Å². The lowest BCUT2D eigenvalue weighted by atomic mass is 10.00. The Morgan fingerprint density at radius 2 is 1.46 bits per heavy atom. The van der Waals surface area contributed by atoms with Crippen LogP contribution in [0.15, 0.2) is 0 Å². The predicted molar refractivity (Wildman–Crippen MR) is 46.3 cm³/mol. The highest BCUT2D eigenvalue weighted by Crippen LogP contribution is 2.18. The molecule has 1 rings (SSSR count). The van der Waals surface area contributed by atoms with Crippen molar-refractivity contribution in [3.63, 3.8) is 0 Å². The van der Waals surface area contributed by atoms with Crippen LogP contribution in [-0.2, 0) is 4.74 Å². The Morgan fingerprint density at radius 1 is 0.923 bits per heavy atom. The molecule has 1 fully saturated rings. The average molecular weight is 261 g/mol. The fraction of sp³-hybridized carbons (Fsp3) is 1.00. The standard InChI is InChI=1S/C6H12O6.BrH/c7-1-2-3(8)4(9)5(10)6(11)12-2;/h2-11H,1H2;1H/t2-,3-,4+,5+,6+;/m1./s1. The van der Waals surface area contributed by atoms with Crippen molar-refractivity contribution in [2.75, 3.05) is 6.61 Å². The number of hydrogen-bond donors (Lipinski definition) is 5. The second-order valence-corrected chi connectivity index (χ2v) is 2.72. The molecule has 1 heterocycles. The van der Waals surface area contributed by atoms with Crippen LogP contribution in [0.3, 0.4) is 0 Å². The summed E-state index contributed by atoms with van der Waals surface area (Å²) in [6.07, 6.45) is -7.04. The van der Waals surface area contributed by atoms with Crippen LogP contribution >= 0.6 is 17.0 Å². The number of halogens is 1. The maximum atomic E-state index is 9.12. The van der Waals surface area contributed by atoms with E-state index >= 15 is 0 Å². The summed E-state index contributed by atoms with van der Waals surface area (Å²) in [5.41, 5.74) is 0. The van der Waals surface area contributed by atoms with E-state index in [-0.39, 0.29) is 17.0 Å². The van der Waals surface area contributed by atoms with Crippen molar-refractivity contribution in [2.45, 2.75) is 30.7 Å². The van der Waals surface area contributed by atoms with E-state index in [2.05, 4.69) is 4.74 Å². The lowest BCUT2D eigenvalue weighted by Crippen LogP contribution is -2.58. The summed E-state index contributed by atoms with van der Waals surface area (Å²) in [6, 6.07) is 0. The molecule has 0 aromatic heterocycles. The first kappa shape index (κ1) is 13.2. The van der Waals surface area contributed by atoms with E-state index in [4.69, 9.17) is 25.5 Å². The molecular weight excluding hydrogens is 248 g/mol. The van der Waals surface area contributed by atoms with Crippen molar-refractivity contribution in [1.29, 1.82) is 0 Å². The molecule has 0 spiro atoms. The number of aliphatic hydroxyl groups is 5. The maximum Gasteiger partial charge on any atom is 0.184 e. The van der Waals surface area contributed by atoms with Crippen molar-refractivity contribution in [3.8, 4) is 0 Å². The molecular formula is C6H13BrO6. The molecule has 0 aromatic rings. The summed E-state index contributed by atoms with van der Waals surface area (Å²) in [5.74, 6) is 0. The highest BCUT2D eigenvalue weighted by molar-refractivity contribution is 8.93. The fourth-order valence-corrected chi connectivity index (χ4v) is 1.08. The molecule has 1 saturated heterocycles. The SMILES string of the molecule is Br.OC[C@H]1O[C@H](O)[C@@H](O)[C@@H](O)[C@@H]1O. The third kappa shape index (κ3) is 2.59. The molecule has 7 heteroatoms. The normalized spacial score (nSPS) is 45.5. The van der Waals surface area contributed by atoms with Gasteiger partial charge in [-0.05, 0) is 0 Å². The van der Waals surface area contributed by atoms with Gasteiger partial charge in [0.05, 0.1) is 6.61 Å². The van der Waals surface area contributed by atoms with Gasteiger partial charge in [-0.3, -0.25) is 0 Å². The monoisotopic (exact) mass is 260 g/mol. The highest BCUT2D eigenvalue weighted by atomic mass is 79.9. The largest absolute Gasteiger partial charge is 0.394 e. The van der Waals surface area contributed by atoms with Gasteiger partial charge in [0.2, 0.25) is 0 Å². The summed E-state index contributed by atoms with van der Waals surface area (Å²) in [7, 11) is 0. The highest BCUT2D eigenvalue weighted by Gasteiger charge is 2.42. The van der Waals surface area contributed by atoms with Crippen LogP contribution < -0.4 is 0 Å². The molecule has 0 unspecified atom stereocenters. The molecule has 5 atom stereocenters. The molecule has 0 amide bonds. The van der Waals surface area contributed by atoms with Crippen LogP contribution in [0.1, 0.15) is 0 Å². The maximum absolute atomic E-state index is 9.12. The van der Waals surface area contributed by atoms with Crippen molar-refractivity contribution in [2.24, 2.45) is 0 Å². The lowest BCUT2D eigenvalue weighted by molar-refractivity contribution is -0.286. The summed E-state index contributed by atoms with van der Waals surface area (Å²) in [5, 5.41) is 44.7. The van der Waals surface area contributed by atoms with E-state index < -0.39 is 37.3 Å². The average Bonchev–Trinajstić information content (AvgIpc) is 2.08. The fourth-order valence-electron chi connectivity index (χ4n) is 1.08. The van der Waals surface area contributed by atoms with E-state index in [1.165, 1.54) is 0 Å². The zero-order valence-corrected chi connectivity index (χ0v) is 8.36. The minimum atomic E-state index is -1.57. The zero-order valence-electron chi connectivity index (χ0n) is 6.65. The smallest absolute Gasteiger partial charge is 0.184 e. The first-order valence-electron chi connectivity index (χ1n) is 3.56. The van der Waals surface area contributed by atoms with Crippen LogP contribution in [0.25, 0.3) is 0 Å². The number of ether oxygens (including phenoxy) is 1. The molecule has 0 bridgehead atoms. The van der Waals surface area contributed by atoms with E-state index in [1.807, 2.05) is 0 Å². The number of rotatable bonds is 1. The molecule has 1 aliphatic heterocycles. The Kier molecular flexibility index (Phi) is 5.30. The molecule has 0 saturated carbocycles. The van der Waals surface area contributed by atoms with Crippen molar-refractivity contribution < 1.29 is 30.3 Å². The Bertz CT molecular complexity index is 151. The van der Waals surface area contributed by atoms with E-state index in [9.17, 15) is 0 Å². The molecule has 13 heavy (non-hydrogen) atoms. The second kappa shape index (κ2) is 5.20. The van der Waals surface area contributed by atoms with E-state index in [0.29, 0.717) is 0 Å². The van der Waals surface area contributed by atoms with Gasteiger partial charge in [0.25, 0.3) is 0 Å². The quantitative estimate of drug-likeness (QED) is 0.353. The Morgan fingerprint density at radius 3 is 1.92 bits per heavy atom. The molecule has 6 nitrogen and oxygen atoms in total. The summed E-state index contributed by atoms with van der Waals surface area (Å²) in [4.78, 5) is 0. The number of aliphatic hydroxyl groups excluding tert-OH is 5. The van der Waals surface area contributed by atoms with Crippen molar-refractivity contribution in [3.05, 3.63) is 0 Å². The first-order valence-corrected chi connectivity index (χ1v) is 3.56. The molecule has 80 valence electrons. The van der Waals surface area contributed by atoms with Gasteiger partial charge < -0.3 is 30.3 Å². The predicted octanol–water partition coefficient (Wildman–Crippen LogP) is -2.64. The number of hydrogen-bond acceptors (Lipinski definition) is 6. The molecule has 0 aromatic carbocycles. The third-order valence-corrected chi connectivity index (χ3v) is 1.87. The Balaban J connectivity index is 0.00000144. The van der Waals surface area contributed by atoms with Crippen molar-refractivity contribution in [1.82, 2.24) is 0 Å². The van der Waals surface area contributed by atoms with Crippen LogP contribution in [0, 0.1) is 0 Å². The van der Waals surface area contributed by atoms with Gasteiger partial charge in [-0.25, -0.2) is 0 Å². The van der Waals surface area contributed by atoms with Crippen molar-refractivity contribution >= 4 is 17.0 Å². The zero-order chi connectivity index (χ0) is 9.30. The summed E-state index contributed by atoms with van der Waals surface area (Å²) in [6.45, 7) is -0.526. The van der Waals surface area contributed by atoms with Gasteiger partial charge in [0.15, 0.2) is 6.29 Å². The van der Waals surface area contributed by atoms with E-state index in [1.54, 1.807) is 0 Å². The van der Waals surface area contributed by atoms with Gasteiger partial charge in [0, 0.05) is 0 Å². The molecule has 1 aliphatic rings. The first-order chi connectivity index (χ1) is 5.57. The summed E-state index contributed by atoms with van der Waals surface area (Å²) < 4.78 is 4.58. The summed E-state index contributed by atoms with van der Waals surface area (Å²) >= 11 is 0. The van der Waals surface area contributed by atoms with Crippen LogP contribution in [0.2, 0.25) is 0 Å². The van der Waals surface area contributed by atoms with Crippen LogP contribution in [-0.4, -0.2) is 62.8 Å². The minimum Gasteiger partial charge on any atom is -0.394 e. The topological polar surface area (TPSA) is 110 Å². The van der Waals surface area contributed by atoms with Gasteiger partial charge in [-0.1, -0.05) is 0 Å². The Hall–Kier alpha value is 0.240. The van der Waals surface area contributed by atoms with Crippen LogP contribution in [0.4, 0.5) is 0 Å². The van der Waals surface area contributed by atoms with E-state index in [0.717, 1.165) is 0 Å². The van der Waals surface area contributed by atoms with Gasteiger partial charge in [0.1, 0.15) is 24.4 Å². The Labute approximate surface area is 85.2 Å². The minimum absolute atomic E-state index is 0. The second-order valence-electron chi connectivity index (χ2n) is 2.72. The van der Waals surface area contributed by atoms with Crippen LogP contribution in [0.5, 0.6) is 0 Å². The van der Waals surface area contributed by atoms with Gasteiger partial charge in [-0.2, -0.15) is 0 Å². The molecule has 0 aliphatic carbocycles. The van der Waals surface area contributed by atoms with Gasteiger partial charge in [-0.15, -0.1) is 17.0 Å².